The van der Waals surface area contributed by atoms with Gasteiger partial charge in [0.25, 0.3) is 10.2 Å². The van der Waals surface area contributed by atoms with Gasteiger partial charge in [-0.05, 0) is 12.8 Å². The molecule has 0 aromatic heterocycles. The van der Waals surface area contributed by atoms with Gasteiger partial charge in [-0.1, -0.05) is 12.8 Å². The lowest BCUT2D eigenvalue weighted by Crippen LogP contribution is -2.03. The van der Waals surface area contributed by atoms with Gasteiger partial charge in [0.2, 0.25) is 0 Å². The fourth-order valence-corrected chi connectivity index (χ4v) is 0.836. The van der Waals surface area contributed by atoms with Gasteiger partial charge in [0.15, 0.2) is 0 Å². The van der Waals surface area contributed by atoms with E-state index in [1.165, 1.54) is 0 Å². The standard InChI is InChI=1S/C6H12N2O6.4H3N/c9-7(10)13-5-3-1-2-4-6-14-8(11)12;;;;/h1-6H2;4*1H3. The van der Waals surface area contributed by atoms with Crippen molar-refractivity contribution in [2.24, 2.45) is 0 Å². The molecule has 0 spiro atoms. The van der Waals surface area contributed by atoms with E-state index in [0.29, 0.717) is 12.8 Å². The molecule has 0 aromatic carbocycles. The third-order valence-electron chi connectivity index (χ3n) is 1.43. The van der Waals surface area contributed by atoms with Gasteiger partial charge < -0.3 is 34.3 Å². The zero-order valence-corrected chi connectivity index (χ0v) is 10.4. The SMILES string of the molecule is N.N.N.N.O=[N+]([O-])OCCCCCCO[N+](=O)[O-]. The first-order valence-corrected chi connectivity index (χ1v) is 4.17. The molecule has 0 aromatic rings. The minimum Gasteiger partial charge on any atom is -0.344 e. The molecule has 0 saturated heterocycles. The van der Waals surface area contributed by atoms with E-state index in [-0.39, 0.29) is 37.8 Å². The van der Waals surface area contributed by atoms with E-state index in [0.717, 1.165) is 12.8 Å². The molecule has 12 heteroatoms. The minimum absolute atomic E-state index is 0. The third kappa shape index (κ3) is 29.2. The Morgan fingerprint density at radius 3 is 1.17 bits per heavy atom. The highest BCUT2D eigenvalue weighted by atomic mass is 17.0. The summed E-state index contributed by atoms with van der Waals surface area (Å²) in [5.74, 6) is 0. The van der Waals surface area contributed by atoms with Crippen molar-refractivity contribution in [3.63, 3.8) is 0 Å². The van der Waals surface area contributed by atoms with Crippen LogP contribution in [0.1, 0.15) is 25.7 Å². The summed E-state index contributed by atoms with van der Waals surface area (Å²) in [6, 6.07) is 0. The van der Waals surface area contributed by atoms with Crippen LogP contribution >= 0.6 is 0 Å². The number of hydrogen-bond acceptors (Lipinski definition) is 10. The minimum atomic E-state index is -0.837. The Bertz CT molecular complexity index is 173. The second-order valence-electron chi connectivity index (χ2n) is 2.53. The topological polar surface area (TPSA) is 245 Å². The largest absolute Gasteiger partial charge is 0.344 e. The zero-order chi connectivity index (χ0) is 10.8. The second-order valence-corrected chi connectivity index (χ2v) is 2.53. The Morgan fingerprint density at radius 1 is 0.667 bits per heavy atom. The Hall–Kier alpha value is -1.76. The van der Waals surface area contributed by atoms with Crippen LogP contribution in [0.25, 0.3) is 0 Å². The van der Waals surface area contributed by atoms with Crippen molar-refractivity contribution in [2.45, 2.75) is 25.7 Å². The van der Waals surface area contributed by atoms with Crippen LogP contribution in [0.5, 0.6) is 0 Å². The summed E-state index contributed by atoms with van der Waals surface area (Å²) < 4.78 is 0. The van der Waals surface area contributed by atoms with Crippen LogP contribution in [-0.2, 0) is 9.68 Å². The smallest absolute Gasteiger partial charge is 0.294 e. The summed E-state index contributed by atoms with van der Waals surface area (Å²) in [7, 11) is 0. The molecule has 0 aliphatic carbocycles. The van der Waals surface area contributed by atoms with Crippen molar-refractivity contribution in [2.75, 3.05) is 13.2 Å². The van der Waals surface area contributed by atoms with Crippen LogP contribution < -0.4 is 24.6 Å². The summed E-state index contributed by atoms with van der Waals surface area (Å²) in [4.78, 5) is 27.5. The lowest BCUT2D eigenvalue weighted by molar-refractivity contribution is -0.758. The van der Waals surface area contributed by atoms with E-state index in [2.05, 4.69) is 9.68 Å². The highest BCUT2D eigenvalue weighted by molar-refractivity contribution is 4.40. The molecule has 0 fully saturated rings. The summed E-state index contributed by atoms with van der Waals surface area (Å²) in [5.41, 5.74) is 0. The Morgan fingerprint density at radius 2 is 0.944 bits per heavy atom. The molecule has 0 radical (unpaired) electrons. The highest BCUT2D eigenvalue weighted by Crippen LogP contribution is 2.00. The summed E-state index contributed by atoms with van der Waals surface area (Å²) in [6.45, 7) is 0.145. The van der Waals surface area contributed by atoms with Crippen molar-refractivity contribution in [3.8, 4) is 0 Å². The zero-order valence-electron chi connectivity index (χ0n) is 10.4. The molecule has 114 valence electrons. The van der Waals surface area contributed by atoms with Crippen molar-refractivity contribution in [3.05, 3.63) is 20.2 Å². The first-order chi connectivity index (χ1) is 6.63. The van der Waals surface area contributed by atoms with Gasteiger partial charge in [-0.25, -0.2) is 0 Å². The van der Waals surface area contributed by atoms with Crippen molar-refractivity contribution in [1.29, 1.82) is 0 Å². The summed E-state index contributed by atoms with van der Waals surface area (Å²) in [6.07, 6.45) is 2.60. The average molecular weight is 276 g/mol. The van der Waals surface area contributed by atoms with Crippen molar-refractivity contribution in [1.82, 2.24) is 24.6 Å². The Kier molecular flexibility index (Phi) is 34.2. The number of unbranched alkanes of at least 4 members (excludes halogenated alkanes) is 3. The number of hydrogen-bond donors (Lipinski definition) is 4. The van der Waals surface area contributed by atoms with E-state index in [1.807, 2.05) is 0 Å². The van der Waals surface area contributed by atoms with Crippen molar-refractivity contribution >= 4 is 0 Å². The highest BCUT2D eigenvalue weighted by Gasteiger charge is 1.96. The van der Waals surface area contributed by atoms with E-state index in [4.69, 9.17) is 0 Å². The molecule has 12 N–H and O–H groups in total. The molecule has 0 bridgehead atoms. The van der Waals surface area contributed by atoms with Crippen LogP contribution in [0.3, 0.4) is 0 Å². The molecular formula is C6H24N6O6. The quantitative estimate of drug-likeness (QED) is 0.269. The molecule has 0 atom stereocenters. The van der Waals surface area contributed by atoms with Crippen LogP contribution in [0.4, 0.5) is 0 Å². The molecule has 0 heterocycles. The maximum Gasteiger partial charge on any atom is 0.294 e. The molecule has 0 unspecified atom stereocenters. The second kappa shape index (κ2) is 20.6. The molecule has 0 aliphatic rings. The van der Waals surface area contributed by atoms with E-state index in [1.54, 1.807) is 0 Å². The normalized spacial score (nSPS) is 7.33. The first kappa shape index (κ1) is 29.9. The van der Waals surface area contributed by atoms with Gasteiger partial charge in [-0.15, -0.1) is 20.2 Å². The van der Waals surface area contributed by atoms with Gasteiger partial charge in [0, 0.05) is 0 Å². The molecule has 0 amide bonds. The first-order valence-electron chi connectivity index (χ1n) is 4.17. The Labute approximate surface area is 105 Å². The lowest BCUT2D eigenvalue weighted by Gasteiger charge is -1.99. The van der Waals surface area contributed by atoms with Crippen LogP contribution in [-0.4, -0.2) is 23.4 Å². The molecule has 0 saturated carbocycles. The number of rotatable bonds is 9. The number of nitrogens with zero attached hydrogens (tertiary/aromatic N) is 2. The van der Waals surface area contributed by atoms with Gasteiger partial charge in [-0.2, -0.15) is 0 Å². The van der Waals surface area contributed by atoms with Gasteiger partial charge in [0.05, 0.1) is 13.2 Å². The summed E-state index contributed by atoms with van der Waals surface area (Å²) >= 11 is 0. The molecular weight excluding hydrogens is 252 g/mol. The Balaban J connectivity index is -0.000000141. The van der Waals surface area contributed by atoms with Gasteiger partial charge >= 0.3 is 0 Å². The van der Waals surface area contributed by atoms with Gasteiger partial charge in [-0.3, -0.25) is 0 Å². The molecule has 12 nitrogen and oxygen atoms in total. The fraction of sp³-hybridized carbons (Fsp3) is 1.00. The molecule has 18 heavy (non-hydrogen) atoms. The lowest BCUT2D eigenvalue weighted by atomic mass is 10.2. The predicted octanol–water partition coefficient (Wildman–Crippen LogP) is 1.61. The molecule has 0 aliphatic heterocycles. The average Bonchev–Trinajstić information content (AvgIpc) is 2.08. The van der Waals surface area contributed by atoms with Crippen LogP contribution in [0, 0.1) is 20.2 Å². The van der Waals surface area contributed by atoms with Crippen molar-refractivity contribution < 1.29 is 19.8 Å². The maximum absolute atomic E-state index is 9.70. The van der Waals surface area contributed by atoms with Crippen LogP contribution in [0.2, 0.25) is 0 Å². The monoisotopic (exact) mass is 276 g/mol. The van der Waals surface area contributed by atoms with E-state index >= 15 is 0 Å². The summed E-state index contributed by atoms with van der Waals surface area (Å²) in [5, 5.41) is 17.7. The maximum atomic E-state index is 9.70. The fourth-order valence-electron chi connectivity index (χ4n) is 0.836. The van der Waals surface area contributed by atoms with Gasteiger partial charge in [0.1, 0.15) is 0 Å². The third-order valence-corrected chi connectivity index (χ3v) is 1.43. The molecule has 0 rings (SSSR count). The predicted molar refractivity (Wildman–Crippen MR) is 64.4 cm³/mol. The van der Waals surface area contributed by atoms with E-state index in [9.17, 15) is 20.2 Å². The van der Waals surface area contributed by atoms with E-state index < -0.39 is 10.2 Å². The van der Waals surface area contributed by atoms with Crippen LogP contribution in [0.15, 0.2) is 0 Å².